The van der Waals surface area contributed by atoms with Gasteiger partial charge >= 0.3 is 24.7 Å². The summed E-state index contributed by atoms with van der Waals surface area (Å²) in [5.41, 5.74) is -4.61. The number of fused-ring (bicyclic) bond motifs is 5. The lowest BCUT2D eigenvalue weighted by molar-refractivity contribution is -0.475. The Labute approximate surface area is 142 Å². The third-order valence-corrected chi connectivity index (χ3v) is 5.41. The van der Waals surface area contributed by atoms with Crippen molar-refractivity contribution >= 4 is 0 Å². The van der Waals surface area contributed by atoms with Crippen LogP contribution in [0, 0.1) is 17.8 Å². The average molecular weight is 426 g/mol. The first-order valence-electron chi connectivity index (χ1n) is 7.51. The second kappa shape index (κ2) is 5.57. The van der Waals surface area contributed by atoms with Crippen LogP contribution in [0.1, 0.15) is 12.8 Å². The van der Waals surface area contributed by atoms with Crippen molar-refractivity contribution in [2.75, 3.05) is 0 Å². The molecule has 27 heavy (non-hydrogen) atoms. The Hall–Kier alpha value is -0.920. The average Bonchev–Trinajstić information content (AvgIpc) is 2.82. The van der Waals surface area contributed by atoms with E-state index in [2.05, 4.69) is 9.47 Å². The van der Waals surface area contributed by atoms with Crippen LogP contribution in [0.25, 0.3) is 0 Å². The van der Waals surface area contributed by atoms with Gasteiger partial charge < -0.3 is 9.47 Å². The minimum atomic E-state index is -5.94. The van der Waals surface area contributed by atoms with Crippen molar-refractivity contribution < 1.29 is 62.2 Å². The molecule has 3 aliphatic rings. The molecule has 1 aliphatic heterocycles. The van der Waals surface area contributed by atoms with Crippen LogP contribution in [0.5, 0.6) is 0 Å². The number of alkyl halides is 12. The van der Waals surface area contributed by atoms with Gasteiger partial charge in [-0.3, -0.25) is 0 Å². The summed E-state index contributed by atoms with van der Waals surface area (Å²) in [4.78, 5) is 0. The van der Waals surface area contributed by atoms with E-state index >= 15 is 0 Å². The SMILES string of the molecule is FC(F)(F)C(OC1C[C@H]2C[C@@H]1C1C2OC1(C(F)(F)F)C(F)(F)F)C(F)(F)F. The van der Waals surface area contributed by atoms with Gasteiger partial charge in [0.2, 0.25) is 6.10 Å². The number of hydrogen-bond donors (Lipinski definition) is 0. The molecule has 0 radical (unpaired) electrons. The van der Waals surface area contributed by atoms with Gasteiger partial charge in [0.25, 0.3) is 5.60 Å². The lowest BCUT2D eigenvalue weighted by atomic mass is 9.67. The highest BCUT2D eigenvalue weighted by molar-refractivity contribution is 5.21. The first-order valence-corrected chi connectivity index (χ1v) is 7.51. The molecule has 0 aromatic carbocycles. The summed E-state index contributed by atoms with van der Waals surface area (Å²) in [6.45, 7) is 0. The van der Waals surface area contributed by atoms with Crippen LogP contribution in [0.4, 0.5) is 52.7 Å². The largest absolute Gasteiger partial charge is 0.426 e. The molecule has 0 spiro atoms. The Morgan fingerprint density at radius 3 is 1.67 bits per heavy atom. The maximum Gasteiger partial charge on any atom is 0.426 e. The fourth-order valence-electron chi connectivity index (χ4n) is 4.52. The quantitative estimate of drug-likeness (QED) is 0.592. The fourth-order valence-corrected chi connectivity index (χ4v) is 4.52. The van der Waals surface area contributed by atoms with Crippen LogP contribution < -0.4 is 0 Å². The molecule has 1 saturated heterocycles. The predicted molar refractivity (Wildman–Crippen MR) is 60.2 cm³/mol. The van der Waals surface area contributed by atoms with Crippen molar-refractivity contribution in [1.82, 2.24) is 0 Å². The minimum Gasteiger partial charge on any atom is -0.357 e. The van der Waals surface area contributed by atoms with Gasteiger partial charge in [-0.15, -0.1) is 0 Å². The molecule has 3 rings (SSSR count). The monoisotopic (exact) mass is 426 g/mol. The van der Waals surface area contributed by atoms with Crippen LogP contribution >= 0.6 is 0 Å². The van der Waals surface area contributed by atoms with Gasteiger partial charge in [0.15, 0.2) is 0 Å². The van der Waals surface area contributed by atoms with E-state index in [4.69, 9.17) is 0 Å². The van der Waals surface area contributed by atoms with E-state index < -0.39 is 79.2 Å². The van der Waals surface area contributed by atoms with E-state index in [0.29, 0.717) is 0 Å². The Bertz CT molecular complexity index is 558. The summed E-state index contributed by atoms with van der Waals surface area (Å²) in [5.74, 6) is -5.17. The van der Waals surface area contributed by atoms with E-state index in [1.165, 1.54) is 0 Å². The highest BCUT2D eigenvalue weighted by atomic mass is 19.4. The molecule has 3 unspecified atom stereocenters. The Kier molecular flexibility index (Phi) is 4.29. The van der Waals surface area contributed by atoms with Gasteiger partial charge in [-0.2, -0.15) is 52.7 Å². The van der Waals surface area contributed by atoms with Crippen molar-refractivity contribution in [1.29, 1.82) is 0 Å². The molecule has 1 heterocycles. The molecule has 2 aliphatic carbocycles. The van der Waals surface area contributed by atoms with E-state index in [1.54, 1.807) is 0 Å². The van der Waals surface area contributed by atoms with Crippen molar-refractivity contribution in [3.63, 3.8) is 0 Å². The zero-order valence-corrected chi connectivity index (χ0v) is 12.7. The molecular weight excluding hydrogens is 416 g/mol. The van der Waals surface area contributed by atoms with Crippen LogP contribution in [-0.2, 0) is 9.47 Å². The van der Waals surface area contributed by atoms with E-state index in [1.807, 2.05) is 0 Å². The third kappa shape index (κ3) is 2.88. The van der Waals surface area contributed by atoms with Gasteiger partial charge in [-0.1, -0.05) is 0 Å². The molecule has 2 saturated carbocycles. The summed E-state index contributed by atoms with van der Waals surface area (Å²) in [7, 11) is 0. The molecule has 2 bridgehead atoms. The van der Waals surface area contributed by atoms with Gasteiger partial charge in [0, 0.05) is 5.92 Å². The number of halogens is 12. The molecule has 0 aromatic rings. The van der Waals surface area contributed by atoms with Crippen LogP contribution in [0.3, 0.4) is 0 Å². The fraction of sp³-hybridized carbons (Fsp3) is 1.00. The lowest BCUT2D eigenvalue weighted by Crippen LogP contribution is -2.77. The molecule has 5 atom stereocenters. The molecular formula is C13H10F12O2. The van der Waals surface area contributed by atoms with Crippen molar-refractivity contribution in [3.8, 4) is 0 Å². The van der Waals surface area contributed by atoms with Crippen LogP contribution in [0.15, 0.2) is 0 Å². The molecule has 158 valence electrons. The highest BCUT2D eigenvalue weighted by Crippen LogP contribution is 2.69. The molecule has 14 heteroatoms. The lowest BCUT2D eigenvalue weighted by Gasteiger charge is -2.58. The molecule has 0 amide bonds. The Morgan fingerprint density at radius 2 is 1.26 bits per heavy atom. The first-order chi connectivity index (χ1) is 11.9. The Morgan fingerprint density at radius 1 is 0.778 bits per heavy atom. The third-order valence-electron chi connectivity index (χ3n) is 5.41. The van der Waals surface area contributed by atoms with Gasteiger partial charge in [0.05, 0.1) is 12.2 Å². The summed E-state index contributed by atoms with van der Waals surface area (Å²) in [5, 5.41) is 0. The first kappa shape index (κ1) is 20.8. The van der Waals surface area contributed by atoms with E-state index in [9.17, 15) is 52.7 Å². The van der Waals surface area contributed by atoms with E-state index in [0.717, 1.165) is 0 Å². The maximum atomic E-state index is 13.1. The molecule has 0 aromatic heterocycles. The van der Waals surface area contributed by atoms with Crippen LogP contribution in [0.2, 0.25) is 0 Å². The molecule has 2 nitrogen and oxygen atoms in total. The normalized spacial score (nSPS) is 36.1. The van der Waals surface area contributed by atoms with E-state index in [-0.39, 0.29) is 0 Å². The predicted octanol–water partition coefficient (Wildman–Crippen LogP) is 4.78. The van der Waals surface area contributed by atoms with Gasteiger partial charge in [0.1, 0.15) is 0 Å². The second-order valence-corrected chi connectivity index (χ2v) is 6.87. The summed E-state index contributed by atoms with van der Waals surface area (Å²) in [6, 6.07) is 0. The summed E-state index contributed by atoms with van der Waals surface area (Å²) >= 11 is 0. The molecule has 0 N–H and O–H groups in total. The standard InChI is InChI=1S/C13H10F12O2/c14-10(15,16)8(11(17,18)19)26-5-2-3-1-4(5)6-7(3)27-9(6,12(20,21)22)13(23,24)25/h3-8H,1-2H2/t3-,4+,5?,6?,7?/m1/s1. The van der Waals surface area contributed by atoms with Crippen molar-refractivity contribution in [3.05, 3.63) is 0 Å². The van der Waals surface area contributed by atoms with Crippen molar-refractivity contribution in [2.45, 2.75) is 61.5 Å². The smallest absolute Gasteiger partial charge is 0.357 e. The summed E-state index contributed by atoms with van der Waals surface area (Å²) in [6.07, 6.45) is -32.5. The zero-order chi connectivity index (χ0) is 20.8. The number of hydrogen-bond acceptors (Lipinski definition) is 2. The van der Waals surface area contributed by atoms with Crippen LogP contribution in [-0.4, -0.2) is 48.6 Å². The topological polar surface area (TPSA) is 18.5 Å². The highest BCUT2D eigenvalue weighted by Gasteiger charge is 2.87. The van der Waals surface area contributed by atoms with Gasteiger partial charge in [-0.25, -0.2) is 0 Å². The maximum absolute atomic E-state index is 13.1. The van der Waals surface area contributed by atoms with Crippen molar-refractivity contribution in [2.24, 2.45) is 17.8 Å². The second-order valence-electron chi connectivity index (χ2n) is 6.87. The summed E-state index contributed by atoms with van der Waals surface area (Å²) < 4.78 is 163. The molecule has 3 fully saturated rings. The number of ether oxygens (including phenoxy) is 2. The van der Waals surface area contributed by atoms with Gasteiger partial charge in [-0.05, 0) is 24.7 Å². The number of rotatable bonds is 2. The minimum absolute atomic E-state index is 0.434. The zero-order valence-electron chi connectivity index (χ0n) is 12.7. The Balaban J connectivity index is 1.89.